The fourth-order valence-corrected chi connectivity index (χ4v) is 0.657. The summed E-state index contributed by atoms with van der Waals surface area (Å²) in [4.78, 5) is 3.24. The molecule has 2 nitrogen and oxygen atoms in total. The van der Waals surface area contributed by atoms with Crippen molar-refractivity contribution in [2.45, 2.75) is 0 Å². The van der Waals surface area contributed by atoms with Crippen molar-refractivity contribution in [2.24, 2.45) is 0 Å². The van der Waals surface area contributed by atoms with Gasteiger partial charge in [0.15, 0.2) is 5.69 Å². The van der Waals surface area contributed by atoms with Crippen molar-refractivity contribution in [1.82, 2.24) is 0 Å². The molecule has 0 atom stereocenters. The molecule has 0 aliphatic carbocycles. The molecule has 0 bridgehead atoms. The van der Waals surface area contributed by atoms with E-state index in [2.05, 4.69) is 4.85 Å². The molecule has 0 unspecified atom stereocenters. The Kier molecular flexibility index (Phi) is 4.49. The van der Waals surface area contributed by atoms with E-state index in [0.29, 0.717) is 5.69 Å². The zero-order chi connectivity index (χ0) is 7.40. The van der Waals surface area contributed by atoms with Crippen molar-refractivity contribution in [3.63, 3.8) is 0 Å². The van der Waals surface area contributed by atoms with E-state index in [4.69, 9.17) is 11.3 Å². The van der Waals surface area contributed by atoms with Crippen LogP contribution in [-0.4, -0.2) is 7.11 Å². The van der Waals surface area contributed by atoms with E-state index in [-0.39, 0.29) is 19.5 Å². The van der Waals surface area contributed by atoms with Crippen LogP contribution in [0.1, 0.15) is 0 Å². The summed E-state index contributed by atoms with van der Waals surface area (Å²) in [6, 6.07) is 7.00. The molecule has 0 aromatic heterocycles. The third kappa shape index (κ3) is 2.69. The Labute approximate surface area is 78.8 Å². The van der Waals surface area contributed by atoms with Crippen LogP contribution in [0.5, 0.6) is 5.75 Å². The normalized spacial score (nSPS) is 7.64. The number of ether oxygens (including phenoxy) is 1. The molecule has 0 saturated heterocycles. The van der Waals surface area contributed by atoms with Gasteiger partial charge in [0.2, 0.25) is 0 Å². The van der Waals surface area contributed by atoms with E-state index < -0.39 is 0 Å². The van der Waals surface area contributed by atoms with E-state index in [1.807, 2.05) is 0 Å². The van der Waals surface area contributed by atoms with Crippen LogP contribution in [0.15, 0.2) is 24.3 Å². The van der Waals surface area contributed by atoms with Crippen molar-refractivity contribution >= 4 is 5.69 Å². The van der Waals surface area contributed by atoms with Gasteiger partial charge in [0.05, 0.1) is 13.7 Å². The summed E-state index contributed by atoms with van der Waals surface area (Å²) in [5.74, 6) is 0.785. The molecule has 1 aromatic rings. The summed E-state index contributed by atoms with van der Waals surface area (Å²) < 4.78 is 4.91. The van der Waals surface area contributed by atoms with Gasteiger partial charge in [-0.1, -0.05) is 12.1 Å². The fraction of sp³-hybridized carbons (Fsp3) is 0.125. The molecule has 0 aliphatic rings. The topological polar surface area (TPSA) is 13.6 Å². The second kappa shape index (κ2) is 4.87. The first-order valence-electron chi connectivity index (χ1n) is 2.88. The number of benzene rings is 1. The summed E-state index contributed by atoms with van der Waals surface area (Å²) in [5.41, 5.74) is 0.640. The number of rotatable bonds is 1. The third-order valence-corrected chi connectivity index (χ3v) is 1.20. The van der Waals surface area contributed by atoms with Gasteiger partial charge in [-0.25, -0.2) is 4.85 Å². The summed E-state index contributed by atoms with van der Waals surface area (Å²) in [7, 11) is 1.60. The molecule has 0 N–H and O–H groups in total. The van der Waals surface area contributed by atoms with Gasteiger partial charge in [-0.3, -0.25) is 0 Å². The maximum Gasteiger partial charge on any atom is 0.187 e. The minimum Gasteiger partial charge on any atom is -0.497 e. The minimum atomic E-state index is 0. The molecule has 1 rings (SSSR count). The summed E-state index contributed by atoms with van der Waals surface area (Å²) >= 11 is 0. The number of hydrogen-bond acceptors (Lipinski definition) is 1. The second-order valence-electron chi connectivity index (χ2n) is 1.81. The monoisotopic (exact) mass is 236 g/mol. The van der Waals surface area contributed by atoms with E-state index in [0.717, 1.165) is 5.75 Å². The van der Waals surface area contributed by atoms with Crippen LogP contribution in [0.3, 0.4) is 0 Å². The first-order valence-corrected chi connectivity index (χ1v) is 2.88. The number of hydrogen-bond donors (Lipinski definition) is 0. The van der Waals surface area contributed by atoms with Gasteiger partial charge in [0.25, 0.3) is 0 Å². The SMILES string of the molecule is [C-]#[N+]c1ccc(OC)cc1.[Rh]. The molecule has 0 spiro atoms. The van der Waals surface area contributed by atoms with E-state index >= 15 is 0 Å². The van der Waals surface area contributed by atoms with Gasteiger partial charge in [-0.15, -0.1) is 0 Å². The second-order valence-corrected chi connectivity index (χ2v) is 1.81. The third-order valence-electron chi connectivity index (χ3n) is 1.20. The molecule has 0 saturated carbocycles. The van der Waals surface area contributed by atoms with E-state index in [1.165, 1.54) is 0 Å². The average Bonchev–Trinajstić information content (AvgIpc) is 2.05. The van der Waals surface area contributed by atoms with Crippen molar-refractivity contribution in [3.05, 3.63) is 35.7 Å². The molecule has 3 heteroatoms. The van der Waals surface area contributed by atoms with Gasteiger partial charge >= 0.3 is 0 Å². The van der Waals surface area contributed by atoms with Crippen LogP contribution in [0.2, 0.25) is 0 Å². The quantitative estimate of drug-likeness (QED) is 0.538. The molecule has 0 aliphatic heterocycles. The molecule has 0 fully saturated rings. The Hall–Kier alpha value is -0.867. The Morgan fingerprint density at radius 3 is 2.18 bits per heavy atom. The number of nitrogens with zero attached hydrogens (tertiary/aromatic N) is 1. The Bertz CT molecular complexity index is 250. The number of methoxy groups -OCH3 is 1. The predicted molar refractivity (Wildman–Crippen MR) is 39.3 cm³/mol. The van der Waals surface area contributed by atoms with Crippen LogP contribution in [-0.2, 0) is 19.5 Å². The van der Waals surface area contributed by atoms with Crippen LogP contribution in [0.4, 0.5) is 5.69 Å². The molecule has 11 heavy (non-hydrogen) atoms. The van der Waals surface area contributed by atoms with Crippen LogP contribution < -0.4 is 4.74 Å². The maximum absolute atomic E-state index is 6.66. The van der Waals surface area contributed by atoms with Gasteiger partial charge in [0.1, 0.15) is 5.75 Å². The van der Waals surface area contributed by atoms with Crippen LogP contribution in [0, 0.1) is 6.57 Å². The van der Waals surface area contributed by atoms with E-state index in [9.17, 15) is 0 Å². The van der Waals surface area contributed by atoms with Crippen molar-refractivity contribution in [2.75, 3.05) is 7.11 Å². The summed E-state index contributed by atoms with van der Waals surface area (Å²) in [5, 5.41) is 0. The van der Waals surface area contributed by atoms with Crippen LogP contribution >= 0.6 is 0 Å². The van der Waals surface area contributed by atoms with Crippen molar-refractivity contribution in [1.29, 1.82) is 0 Å². The zero-order valence-corrected chi connectivity index (χ0v) is 7.64. The fourth-order valence-electron chi connectivity index (χ4n) is 0.657. The minimum absolute atomic E-state index is 0. The molecular formula is C8H7NORh. The zero-order valence-electron chi connectivity index (χ0n) is 6.00. The molecular weight excluding hydrogens is 229 g/mol. The van der Waals surface area contributed by atoms with Crippen LogP contribution in [0.25, 0.3) is 4.85 Å². The Balaban J connectivity index is 0.000001000. The van der Waals surface area contributed by atoms with Gasteiger partial charge < -0.3 is 4.74 Å². The first-order chi connectivity index (χ1) is 4.86. The standard InChI is InChI=1S/C8H7NO.Rh/c1-9-7-3-5-8(10-2)6-4-7;/h3-6H,2H3;. The summed E-state index contributed by atoms with van der Waals surface area (Å²) in [6.45, 7) is 6.66. The predicted octanol–water partition coefficient (Wildman–Crippen LogP) is 2.24. The van der Waals surface area contributed by atoms with Gasteiger partial charge in [-0.2, -0.15) is 0 Å². The molecule has 1 aromatic carbocycles. The smallest absolute Gasteiger partial charge is 0.187 e. The van der Waals surface area contributed by atoms with Gasteiger partial charge in [0, 0.05) is 19.5 Å². The summed E-state index contributed by atoms with van der Waals surface area (Å²) in [6.07, 6.45) is 0. The Morgan fingerprint density at radius 2 is 1.82 bits per heavy atom. The van der Waals surface area contributed by atoms with Gasteiger partial charge in [-0.05, 0) is 12.1 Å². The first kappa shape index (κ1) is 10.1. The molecule has 59 valence electrons. The van der Waals surface area contributed by atoms with Crippen molar-refractivity contribution in [3.8, 4) is 5.75 Å². The van der Waals surface area contributed by atoms with E-state index in [1.54, 1.807) is 31.4 Å². The van der Waals surface area contributed by atoms with Crippen molar-refractivity contribution < 1.29 is 24.2 Å². The molecule has 1 radical (unpaired) electrons. The Morgan fingerprint density at radius 1 is 1.27 bits per heavy atom. The molecule has 0 amide bonds. The average molecular weight is 236 g/mol. The maximum atomic E-state index is 6.66. The largest absolute Gasteiger partial charge is 0.497 e. The molecule has 0 heterocycles.